The van der Waals surface area contributed by atoms with E-state index in [-0.39, 0.29) is 5.91 Å². The number of nitrogens with zero attached hydrogens (tertiary/aromatic N) is 1. The van der Waals surface area contributed by atoms with Gasteiger partial charge in [-0.2, -0.15) is 0 Å². The second-order valence-corrected chi connectivity index (χ2v) is 3.98. The first-order valence-corrected chi connectivity index (χ1v) is 5.94. The summed E-state index contributed by atoms with van der Waals surface area (Å²) in [6, 6.07) is 9.31. The molecule has 1 aromatic carbocycles. The summed E-state index contributed by atoms with van der Waals surface area (Å²) in [5.74, 6) is -0.0651. The standard InChI is InChI=1S/C14H16N2O2/c1-18-10-4-9-16-14(17)12-5-2-7-13-11(12)6-3-8-15-13/h2-3,5-8H,4,9-10H2,1H3,(H,16,17). The van der Waals surface area contributed by atoms with Gasteiger partial charge >= 0.3 is 0 Å². The third kappa shape index (κ3) is 2.84. The molecule has 94 valence electrons. The Morgan fingerprint density at radius 2 is 2.22 bits per heavy atom. The summed E-state index contributed by atoms with van der Waals surface area (Å²) in [4.78, 5) is 16.3. The van der Waals surface area contributed by atoms with Crippen LogP contribution in [-0.2, 0) is 4.74 Å². The molecule has 1 heterocycles. The van der Waals surface area contributed by atoms with Crippen molar-refractivity contribution in [3.63, 3.8) is 0 Å². The quantitative estimate of drug-likeness (QED) is 0.818. The fourth-order valence-corrected chi connectivity index (χ4v) is 1.81. The molecule has 4 nitrogen and oxygen atoms in total. The van der Waals surface area contributed by atoms with Crippen molar-refractivity contribution in [3.8, 4) is 0 Å². The second-order valence-electron chi connectivity index (χ2n) is 3.98. The third-order valence-electron chi connectivity index (χ3n) is 2.70. The molecule has 0 radical (unpaired) electrons. The van der Waals surface area contributed by atoms with E-state index in [4.69, 9.17) is 4.74 Å². The molecule has 0 atom stereocenters. The molecule has 1 amide bonds. The number of methoxy groups -OCH3 is 1. The van der Waals surface area contributed by atoms with Crippen molar-refractivity contribution in [2.45, 2.75) is 6.42 Å². The highest BCUT2D eigenvalue weighted by Crippen LogP contribution is 2.15. The van der Waals surface area contributed by atoms with E-state index in [1.807, 2.05) is 30.3 Å². The zero-order valence-electron chi connectivity index (χ0n) is 10.3. The van der Waals surface area contributed by atoms with Crippen LogP contribution in [0.2, 0.25) is 0 Å². The van der Waals surface area contributed by atoms with Gasteiger partial charge in [-0.3, -0.25) is 9.78 Å². The number of hydrogen-bond acceptors (Lipinski definition) is 3. The van der Waals surface area contributed by atoms with E-state index in [2.05, 4.69) is 10.3 Å². The highest BCUT2D eigenvalue weighted by Gasteiger charge is 2.08. The smallest absolute Gasteiger partial charge is 0.251 e. The van der Waals surface area contributed by atoms with Crippen LogP contribution in [0.5, 0.6) is 0 Å². The Kier molecular flexibility index (Phi) is 4.25. The van der Waals surface area contributed by atoms with Crippen LogP contribution in [-0.4, -0.2) is 31.2 Å². The Morgan fingerprint density at radius 1 is 1.33 bits per heavy atom. The Hall–Kier alpha value is -1.94. The molecule has 1 aromatic heterocycles. The van der Waals surface area contributed by atoms with Crippen molar-refractivity contribution < 1.29 is 9.53 Å². The normalized spacial score (nSPS) is 10.5. The lowest BCUT2D eigenvalue weighted by Crippen LogP contribution is -2.25. The molecule has 0 aliphatic rings. The van der Waals surface area contributed by atoms with Crippen molar-refractivity contribution in [1.29, 1.82) is 0 Å². The SMILES string of the molecule is COCCCNC(=O)c1cccc2ncccc12. The Labute approximate surface area is 106 Å². The maximum Gasteiger partial charge on any atom is 0.251 e. The Balaban J connectivity index is 2.13. The van der Waals surface area contributed by atoms with Crippen LogP contribution in [0.1, 0.15) is 16.8 Å². The van der Waals surface area contributed by atoms with Crippen molar-refractivity contribution >= 4 is 16.8 Å². The Morgan fingerprint density at radius 3 is 3.06 bits per heavy atom. The summed E-state index contributed by atoms with van der Waals surface area (Å²) in [7, 11) is 1.65. The van der Waals surface area contributed by atoms with Gasteiger partial charge < -0.3 is 10.1 Å². The molecule has 4 heteroatoms. The van der Waals surface area contributed by atoms with Crippen molar-refractivity contribution in [2.24, 2.45) is 0 Å². The average Bonchev–Trinajstić information content (AvgIpc) is 2.43. The van der Waals surface area contributed by atoms with Crippen molar-refractivity contribution in [1.82, 2.24) is 10.3 Å². The number of ether oxygens (including phenoxy) is 1. The molecule has 0 saturated heterocycles. The van der Waals surface area contributed by atoms with Crippen LogP contribution >= 0.6 is 0 Å². The van der Waals surface area contributed by atoms with E-state index in [1.165, 1.54) is 0 Å². The van der Waals surface area contributed by atoms with Gasteiger partial charge in [0.2, 0.25) is 0 Å². The zero-order valence-corrected chi connectivity index (χ0v) is 10.3. The first-order chi connectivity index (χ1) is 8.83. The minimum atomic E-state index is -0.0651. The molecule has 0 fully saturated rings. The van der Waals surface area contributed by atoms with Gasteiger partial charge in [0, 0.05) is 37.4 Å². The van der Waals surface area contributed by atoms with E-state index in [1.54, 1.807) is 13.3 Å². The van der Waals surface area contributed by atoms with Gasteiger partial charge in [0.15, 0.2) is 0 Å². The number of nitrogens with one attached hydrogen (secondary N) is 1. The maximum absolute atomic E-state index is 12.0. The van der Waals surface area contributed by atoms with Crippen LogP contribution in [0.4, 0.5) is 0 Å². The molecular weight excluding hydrogens is 228 g/mol. The highest BCUT2D eigenvalue weighted by atomic mass is 16.5. The molecule has 1 N–H and O–H groups in total. The van der Waals surface area contributed by atoms with E-state index in [0.717, 1.165) is 17.3 Å². The minimum absolute atomic E-state index is 0.0651. The Bertz CT molecular complexity index is 535. The number of carbonyl (C=O) groups is 1. The van der Waals surface area contributed by atoms with Crippen LogP contribution in [0.15, 0.2) is 36.5 Å². The topological polar surface area (TPSA) is 51.2 Å². The molecule has 0 aliphatic heterocycles. The van der Waals surface area contributed by atoms with E-state index >= 15 is 0 Å². The van der Waals surface area contributed by atoms with Crippen LogP contribution in [0.25, 0.3) is 10.9 Å². The summed E-state index contributed by atoms with van der Waals surface area (Å²) in [5.41, 5.74) is 1.50. The number of carbonyl (C=O) groups excluding carboxylic acids is 1. The molecule has 0 saturated carbocycles. The number of fused-ring (bicyclic) bond motifs is 1. The lowest BCUT2D eigenvalue weighted by molar-refractivity contribution is 0.0950. The molecule has 2 aromatic rings. The number of hydrogen-bond donors (Lipinski definition) is 1. The van der Waals surface area contributed by atoms with Crippen LogP contribution in [0.3, 0.4) is 0 Å². The van der Waals surface area contributed by atoms with Gasteiger partial charge in [-0.15, -0.1) is 0 Å². The van der Waals surface area contributed by atoms with Crippen LogP contribution < -0.4 is 5.32 Å². The van der Waals surface area contributed by atoms with Crippen molar-refractivity contribution in [3.05, 3.63) is 42.1 Å². The highest BCUT2D eigenvalue weighted by molar-refractivity contribution is 6.06. The van der Waals surface area contributed by atoms with Gasteiger partial charge in [0.1, 0.15) is 0 Å². The number of amides is 1. The zero-order chi connectivity index (χ0) is 12.8. The summed E-state index contributed by atoms with van der Waals surface area (Å²) in [5, 5.41) is 3.76. The predicted octanol–water partition coefficient (Wildman–Crippen LogP) is 2.00. The minimum Gasteiger partial charge on any atom is -0.385 e. The summed E-state index contributed by atoms with van der Waals surface area (Å²) in [6.07, 6.45) is 2.54. The maximum atomic E-state index is 12.0. The fourth-order valence-electron chi connectivity index (χ4n) is 1.81. The fraction of sp³-hybridized carbons (Fsp3) is 0.286. The average molecular weight is 244 g/mol. The molecule has 0 aliphatic carbocycles. The molecule has 0 bridgehead atoms. The van der Waals surface area contributed by atoms with E-state index in [0.29, 0.717) is 18.7 Å². The largest absolute Gasteiger partial charge is 0.385 e. The van der Waals surface area contributed by atoms with Crippen molar-refractivity contribution in [2.75, 3.05) is 20.3 Å². The lowest BCUT2D eigenvalue weighted by Gasteiger charge is -2.07. The monoisotopic (exact) mass is 244 g/mol. The first kappa shape index (κ1) is 12.5. The molecule has 2 rings (SSSR count). The van der Waals surface area contributed by atoms with Gasteiger partial charge in [-0.25, -0.2) is 0 Å². The predicted molar refractivity (Wildman–Crippen MR) is 70.6 cm³/mol. The molecule has 18 heavy (non-hydrogen) atoms. The molecule has 0 spiro atoms. The lowest BCUT2D eigenvalue weighted by atomic mass is 10.1. The van der Waals surface area contributed by atoms with Gasteiger partial charge in [-0.05, 0) is 24.6 Å². The number of aromatic nitrogens is 1. The number of pyridine rings is 1. The van der Waals surface area contributed by atoms with Gasteiger partial charge in [0.25, 0.3) is 5.91 Å². The second kappa shape index (κ2) is 6.12. The molecule has 0 unspecified atom stereocenters. The number of benzene rings is 1. The van der Waals surface area contributed by atoms with Gasteiger partial charge in [0.05, 0.1) is 5.52 Å². The van der Waals surface area contributed by atoms with Crippen LogP contribution in [0, 0.1) is 0 Å². The summed E-state index contributed by atoms with van der Waals surface area (Å²) < 4.78 is 4.94. The van der Waals surface area contributed by atoms with E-state index in [9.17, 15) is 4.79 Å². The van der Waals surface area contributed by atoms with E-state index < -0.39 is 0 Å². The van der Waals surface area contributed by atoms with Gasteiger partial charge in [-0.1, -0.05) is 12.1 Å². The first-order valence-electron chi connectivity index (χ1n) is 5.94. The molecular formula is C14H16N2O2. The number of rotatable bonds is 5. The summed E-state index contributed by atoms with van der Waals surface area (Å²) in [6.45, 7) is 1.26. The third-order valence-corrected chi connectivity index (χ3v) is 2.70. The summed E-state index contributed by atoms with van der Waals surface area (Å²) >= 11 is 0.